The number of amides is 1. The third kappa shape index (κ3) is 6.43. The van der Waals surface area contributed by atoms with Gasteiger partial charge in [-0.05, 0) is 68.3 Å². The average molecular weight is 556 g/mol. The molecule has 10 heteroatoms. The number of aromatic nitrogens is 1. The smallest absolute Gasteiger partial charge is 0.257 e. The molecule has 0 radical (unpaired) electrons. The number of sulfonamides is 1. The maximum Gasteiger partial charge on any atom is 0.257 e. The number of hydrogen-bond acceptors (Lipinski definition) is 7. The number of furan rings is 1. The summed E-state index contributed by atoms with van der Waals surface area (Å²) < 4.78 is 39.4. The lowest BCUT2D eigenvalue weighted by molar-refractivity contribution is 0.102. The minimum atomic E-state index is -3.62. The molecule has 0 fully saturated rings. The first kappa shape index (κ1) is 27.8. The maximum absolute atomic E-state index is 13.2. The molecule has 0 bridgehead atoms. The van der Waals surface area contributed by atoms with Crippen LogP contribution in [0.3, 0.4) is 0 Å². The monoisotopic (exact) mass is 555 g/mol. The molecule has 0 aliphatic rings. The van der Waals surface area contributed by atoms with Gasteiger partial charge in [-0.25, -0.2) is 13.4 Å². The Hall–Kier alpha value is -3.21. The largest absolute Gasteiger partial charge is 0.494 e. The van der Waals surface area contributed by atoms with E-state index in [4.69, 9.17) is 9.15 Å². The van der Waals surface area contributed by atoms with Crippen LogP contribution >= 0.6 is 11.3 Å². The number of rotatable bonds is 13. The Kier molecular flexibility index (Phi) is 9.19. The fourth-order valence-corrected chi connectivity index (χ4v) is 6.18. The number of thiazole rings is 1. The van der Waals surface area contributed by atoms with Gasteiger partial charge in [-0.15, -0.1) is 11.3 Å². The van der Waals surface area contributed by atoms with Crippen molar-refractivity contribution in [1.29, 1.82) is 0 Å². The van der Waals surface area contributed by atoms with E-state index in [0.717, 1.165) is 42.4 Å². The summed E-state index contributed by atoms with van der Waals surface area (Å²) in [5.74, 6) is 0.998. The first-order valence-electron chi connectivity index (χ1n) is 12.9. The quantitative estimate of drug-likeness (QED) is 0.195. The van der Waals surface area contributed by atoms with Crippen LogP contribution in [0.5, 0.6) is 5.75 Å². The summed E-state index contributed by atoms with van der Waals surface area (Å²) in [4.78, 5) is 17.5. The van der Waals surface area contributed by atoms with Crippen LogP contribution in [-0.2, 0) is 10.0 Å². The third-order valence-electron chi connectivity index (χ3n) is 6.05. The zero-order valence-electron chi connectivity index (χ0n) is 21.9. The Bertz CT molecular complexity index is 1470. The van der Waals surface area contributed by atoms with Crippen molar-refractivity contribution >= 4 is 43.4 Å². The summed E-state index contributed by atoms with van der Waals surface area (Å²) >= 11 is 1.28. The van der Waals surface area contributed by atoms with Gasteiger partial charge in [0.05, 0.1) is 11.5 Å². The summed E-state index contributed by atoms with van der Waals surface area (Å²) in [6.45, 7) is 7.58. The summed E-state index contributed by atoms with van der Waals surface area (Å²) in [6, 6.07) is 13.6. The third-order valence-corrected chi connectivity index (χ3v) is 8.72. The number of hydrogen-bond donors (Lipinski definition) is 1. The number of nitrogens with one attached hydrogen (secondary N) is 1. The van der Waals surface area contributed by atoms with Crippen molar-refractivity contribution in [2.24, 2.45) is 0 Å². The molecule has 0 saturated heterocycles. The highest BCUT2D eigenvalue weighted by Gasteiger charge is 2.24. The standard InChI is InChI=1S/C28H33N3O5S2/c1-4-7-15-31(16-8-5-2)38(33,34)23-12-9-20(10-13-23)27(32)30-28-29-24(19-37-28)26-18-21-17-22(35-6-3)11-14-25(21)36-26/h9-14,17-19H,4-8,15-16H2,1-3H3,(H,29,30,32). The number of carbonyl (C=O) groups excluding carboxylic acids is 1. The van der Waals surface area contributed by atoms with Crippen LogP contribution in [0.25, 0.3) is 22.4 Å². The van der Waals surface area contributed by atoms with Crippen molar-refractivity contribution in [1.82, 2.24) is 9.29 Å². The molecule has 38 heavy (non-hydrogen) atoms. The molecule has 1 amide bonds. The second kappa shape index (κ2) is 12.6. The minimum Gasteiger partial charge on any atom is -0.494 e. The Morgan fingerprint density at radius 1 is 1.03 bits per heavy atom. The van der Waals surface area contributed by atoms with Crippen LogP contribution in [0, 0.1) is 0 Å². The van der Waals surface area contributed by atoms with Crippen LogP contribution in [0.2, 0.25) is 0 Å². The normalized spacial score (nSPS) is 11.8. The van der Waals surface area contributed by atoms with Crippen LogP contribution in [0.4, 0.5) is 5.13 Å². The lowest BCUT2D eigenvalue weighted by Gasteiger charge is -2.22. The number of unbranched alkanes of at least 4 members (excludes halogenated alkanes) is 2. The van der Waals surface area contributed by atoms with E-state index in [1.807, 2.05) is 50.4 Å². The fraction of sp³-hybridized carbons (Fsp3) is 0.357. The van der Waals surface area contributed by atoms with E-state index in [2.05, 4.69) is 10.3 Å². The highest BCUT2D eigenvalue weighted by atomic mass is 32.2. The van der Waals surface area contributed by atoms with Gasteiger partial charge in [0.2, 0.25) is 10.0 Å². The molecule has 202 valence electrons. The van der Waals surface area contributed by atoms with Gasteiger partial charge in [-0.1, -0.05) is 26.7 Å². The van der Waals surface area contributed by atoms with Crippen LogP contribution in [0.1, 0.15) is 56.8 Å². The molecule has 0 spiro atoms. The Morgan fingerprint density at radius 3 is 2.39 bits per heavy atom. The van der Waals surface area contributed by atoms with Gasteiger partial charge in [-0.2, -0.15) is 4.31 Å². The van der Waals surface area contributed by atoms with Crippen molar-refractivity contribution in [2.45, 2.75) is 51.3 Å². The van der Waals surface area contributed by atoms with E-state index in [1.54, 1.807) is 4.31 Å². The number of ether oxygens (including phenoxy) is 1. The van der Waals surface area contributed by atoms with Crippen molar-refractivity contribution < 1.29 is 22.4 Å². The Balaban J connectivity index is 1.45. The first-order chi connectivity index (χ1) is 18.3. The molecular formula is C28H33N3O5S2. The lowest BCUT2D eigenvalue weighted by atomic mass is 10.2. The molecule has 0 aliphatic carbocycles. The molecule has 2 aromatic heterocycles. The zero-order chi connectivity index (χ0) is 27.1. The van der Waals surface area contributed by atoms with Gasteiger partial charge in [0.15, 0.2) is 10.9 Å². The van der Waals surface area contributed by atoms with Gasteiger partial charge >= 0.3 is 0 Å². The Labute approximate surface area is 227 Å². The van der Waals surface area contributed by atoms with E-state index < -0.39 is 10.0 Å². The van der Waals surface area contributed by atoms with Crippen molar-refractivity contribution in [3.63, 3.8) is 0 Å². The van der Waals surface area contributed by atoms with Crippen LogP contribution in [0.15, 0.2) is 63.2 Å². The first-order valence-corrected chi connectivity index (χ1v) is 15.2. The topological polar surface area (TPSA) is 102 Å². The van der Waals surface area contributed by atoms with Crippen molar-refractivity contribution in [3.05, 3.63) is 59.5 Å². The van der Waals surface area contributed by atoms with E-state index in [1.165, 1.54) is 35.6 Å². The molecule has 8 nitrogen and oxygen atoms in total. The molecule has 0 aliphatic heterocycles. The highest BCUT2D eigenvalue weighted by Crippen LogP contribution is 2.32. The van der Waals surface area contributed by atoms with Gasteiger partial charge in [0.25, 0.3) is 5.91 Å². The van der Waals surface area contributed by atoms with E-state index in [0.29, 0.717) is 41.8 Å². The average Bonchev–Trinajstić information content (AvgIpc) is 3.55. The number of benzene rings is 2. The number of carbonyl (C=O) groups is 1. The predicted molar refractivity (Wildman–Crippen MR) is 151 cm³/mol. The van der Waals surface area contributed by atoms with Crippen molar-refractivity contribution in [3.8, 4) is 17.2 Å². The van der Waals surface area contributed by atoms with Gasteiger partial charge in [-0.3, -0.25) is 10.1 Å². The van der Waals surface area contributed by atoms with Gasteiger partial charge in [0, 0.05) is 29.4 Å². The molecule has 1 N–H and O–H groups in total. The summed E-state index contributed by atoms with van der Waals surface area (Å²) in [7, 11) is -3.62. The SMILES string of the molecule is CCCCN(CCCC)S(=O)(=O)c1ccc(C(=O)Nc2nc(-c3cc4cc(OCC)ccc4o3)cs2)cc1. The van der Waals surface area contributed by atoms with Crippen LogP contribution in [-0.4, -0.2) is 43.3 Å². The molecule has 4 rings (SSSR count). The summed E-state index contributed by atoms with van der Waals surface area (Å²) in [6.07, 6.45) is 3.45. The van der Waals surface area contributed by atoms with Crippen molar-refractivity contribution in [2.75, 3.05) is 25.0 Å². The van der Waals surface area contributed by atoms with Gasteiger partial charge in [0.1, 0.15) is 17.0 Å². The lowest BCUT2D eigenvalue weighted by Crippen LogP contribution is -2.33. The zero-order valence-corrected chi connectivity index (χ0v) is 23.5. The number of anilines is 1. The second-order valence-corrected chi connectivity index (χ2v) is 11.7. The van der Waals surface area contributed by atoms with E-state index >= 15 is 0 Å². The molecular weight excluding hydrogens is 522 g/mol. The minimum absolute atomic E-state index is 0.190. The highest BCUT2D eigenvalue weighted by molar-refractivity contribution is 7.89. The molecule has 0 atom stereocenters. The molecule has 2 aromatic carbocycles. The summed E-state index contributed by atoms with van der Waals surface area (Å²) in [5.41, 5.74) is 1.68. The van der Waals surface area contributed by atoms with Crippen LogP contribution < -0.4 is 10.1 Å². The number of fused-ring (bicyclic) bond motifs is 1. The fourth-order valence-electron chi connectivity index (χ4n) is 3.97. The van der Waals surface area contributed by atoms with E-state index in [-0.39, 0.29) is 10.8 Å². The van der Waals surface area contributed by atoms with E-state index in [9.17, 15) is 13.2 Å². The van der Waals surface area contributed by atoms with Gasteiger partial charge < -0.3 is 9.15 Å². The molecule has 4 aromatic rings. The predicted octanol–water partition coefficient (Wildman–Crippen LogP) is 6.80. The molecule has 2 heterocycles. The maximum atomic E-state index is 13.2. The Morgan fingerprint density at radius 2 is 1.74 bits per heavy atom. The number of nitrogens with zero attached hydrogens (tertiary/aromatic N) is 2. The summed E-state index contributed by atoms with van der Waals surface area (Å²) in [5, 5.41) is 5.93. The molecule has 0 saturated carbocycles. The molecule has 0 unspecified atom stereocenters. The second-order valence-electron chi connectivity index (χ2n) is 8.87.